The highest BCUT2D eigenvalue weighted by Gasteiger charge is 2.28. The minimum atomic E-state index is -2.97. The molecular weight excluding hydrogens is 334 g/mol. The normalized spacial score (nSPS) is 20.1. The van der Waals surface area contributed by atoms with Crippen LogP contribution in [0.4, 0.5) is 0 Å². The van der Waals surface area contributed by atoms with E-state index >= 15 is 0 Å². The maximum absolute atomic E-state index is 12.0. The van der Waals surface area contributed by atoms with E-state index in [1.165, 1.54) is 11.8 Å². The van der Waals surface area contributed by atoms with Crippen molar-refractivity contribution in [2.45, 2.75) is 51.9 Å². The summed E-state index contributed by atoms with van der Waals surface area (Å²) in [5.41, 5.74) is 2.11. The topological polar surface area (TPSA) is 81.1 Å². The van der Waals surface area contributed by atoms with Gasteiger partial charge in [-0.1, -0.05) is 25.6 Å². The highest BCUT2D eigenvalue weighted by Crippen LogP contribution is 2.22. The first-order chi connectivity index (χ1) is 10.7. The molecule has 1 fully saturated rings. The summed E-state index contributed by atoms with van der Waals surface area (Å²) in [5.74, 6) is 0.849. The summed E-state index contributed by atoms with van der Waals surface area (Å²) in [4.78, 5) is 16.6. The number of rotatable bonds is 6. The van der Waals surface area contributed by atoms with Crippen LogP contribution in [0.5, 0.6) is 0 Å². The van der Waals surface area contributed by atoms with Crippen LogP contribution in [-0.2, 0) is 21.2 Å². The van der Waals surface area contributed by atoms with Crippen LogP contribution in [-0.4, -0.2) is 47.2 Å². The summed E-state index contributed by atoms with van der Waals surface area (Å²) in [6, 6.07) is -0.244. The number of imidazole rings is 1. The van der Waals surface area contributed by atoms with Gasteiger partial charge < -0.3 is 9.88 Å². The molecule has 1 amide bonds. The predicted molar refractivity (Wildman–Crippen MR) is 92.5 cm³/mol. The van der Waals surface area contributed by atoms with E-state index in [4.69, 9.17) is 0 Å². The average Bonchev–Trinajstić information content (AvgIpc) is 2.90. The van der Waals surface area contributed by atoms with Gasteiger partial charge in [-0.05, 0) is 26.2 Å². The Morgan fingerprint density at radius 2 is 2.13 bits per heavy atom. The Balaban J connectivity index is 1.93. The maximum atomic E-state index is 12.0. The van der Waals surface area contributed by atoms with Crippen molar-refractivity contribution in [1.82, 2.24) is 14.9 Å². The summed E-state index contributed by atoms with van der Waals surface area (Å²) in [5, 5.41) is 3.66. The van der Waals surface area contributed by atoms with Gasteiger partial charge in [0.1, 0.15) is 0 Å². The van der Waals surface area contributed by atoms with E-state index in [9.17, 15) is 13.2 Å². The average molecular weight is 360 g/mol. The molecule has 1 saturated heterocycles. The molecule has 0 radical (unpaired) electrons. The number of sulfone groups is 1. The van der Waals surface area contributed by atoms with Gasteiger partial charge >= 0.3 is 0 Å². The SMILES string of the molecule is Cc1nc(SCC(=O)NC2CCS(=O)(=O)C2)n(CC(C)C)c1C. The Kier molecular flexibility index (Phi) is 5.78. The molecular formula is C15H25N3O3S2. The lowest BCUT2D eigenvalue weighted by molar-refractivity contribution is -0.119. The van der Waals surface area contributed by atoms with Crippen LogP contribution in [0.1, 0.15) is 31.7 Å². The van der Waals surface area contributed by atoms with Crippen molar-refractivity contribution in [3.8, 4) is 0 Å². The first-order valence-corrected chi connectivity index (χ1v) is 10.6. The molecule has 0 aliphatic carbocycles. The molecule has 6 nitrogen and oxygen atoms in total. The van der Waals surface area contributed by atoms with Crippen LogP contribution < -0.4 is 5.32 Å². The van der Waals surface area contributed by atoms with Crippen LogP contribution in [0.25, 0.3) is 0 Å². The second kappa shape index (κ2) is 7.25. The van der Waals surface area contributed by atoms with E-state index in [-0.39, 0.29) is 29.2 Å². The van der Waals surface area contributed by atoms with Crippen molar-refractivity contribution in [1.29, 1.82) is 0 Å². The summed E-state index contributed by atoms with van der Waals surface area (Å²) in [6.45, 7) is 9.18. The number of aryl methyl sites for hydroxylation is 1. The predicted octanol–water partition coefficient (Wildman–Crippen LogP) is 1.55. The van der Waals surface area contributed by atoms with Gasteiger partial charge in [0.05, 0.1) is 23.0 Å². The van der Waals surface area contributed by atoms with E-state index < -0.39 is 9.84 Å². The minimum Gasteiger partial charge on any atom is -0.352 e. The molecule has 0 spiro atoms. The zero-order chi connectivity index (χ0) is 17.2. The third-order valence-corrected chi connectivity index (χ3v) is 6.64. The highest BCUT2D eigenvalue weighted by atomic mass is 32.2. The van der Waals surface area contributed by atoms with Gasteiger partial charge in [0.15, 0.2) is 15.0 Å². The van der Waals surface area contributed by atoms with Crippen molar-refractivity contribution in [3.05, 3.63) is 11.4 Å². The van der Waals surface area contributed by atoms with E-state index in [1.807, 2.05) is 13.8 Å². The van der Waals surface area contributed by atoms with Crippen molar-refractivity contribution in [2.75, 3.05) is 17.3 Å². The maximum Gasteiger partial charge on any atom is 0.230 e. The molecule has 8 heteroatoms. The molecule has 1 aromatic rings. The van der Waals surface area contributed by atoms with Gasteiger partial charge in [0.2, 0.25) is 5.91 Å². The third-order valence-electron chi connectivity index (χ3n) is 3.90. The number of thioether (sulfide) groups is 1. The second-order valence-electron chi connectivity index (χ2n) is 6.53. The van der Waals surface area contributed by atoms with Gasteiger partial charge in [-0.3, -0.25) is 4.79 Å². The Labute approximate surface area is 142 Å². The smallest absolute Gasteiger partial charge is 0.230 e. The summed E-state index contributed by atoms with van der Waals surface area (Å²) >= 11 is 1.41. The Bertz CT molecular complexity index is 680. The van der Waals surface area contributed by atoms with E-state index in [1.54, 1.807) is 0 Å². The Morgan fingerprint density at radius 1 is 1.43 bits per heavy atom. The monoisotopic (exact) mass is 359 g/mol. The van der Waals surface area contributed by atoms with Crippen LogP contribution in [0.15, 0.2) is 5.16 Å². The molecule has 1 N–H and O–H groups in total. The molecule has 0 aromatic carbocycles. The molecule has 1 aromatic heterocycles. The lowest BCUT2D eigenvalue weighted by Gasteiger charge is -2.13. The standard InChI is InChI=1S/C15H25N3O3S2/c1-10(2)7-18-12(4)11(3)16-15(18)22-8-14(19)17-13-5-6-23(20,21)9-13/h10,13H,5-9H2,1-4H3,(H,17,19). The number of nitrogens with one attached hydrogen (secondary N) is 1. The first kappa shape index (κ1) is 18.3. The van der Waals surface area contributed by atoms with Crippen molar-refractivity contribution in [2.24, 2.45) is 5.92 Å². The lowest BCUT2D eigenvalue weighted by Crippen LogP contribution is -2.36. The fraction of sp³-hybridized carbons (Fsp3) is 0.733. The molecule has 0 bridgehead atoms. The molecule has 1 atom stereocenters. The van der Waals surface area contributed by atoms with Crippen LogP contribution in [0.2, 0.25) is 0 Å². The second-order valence-corrected chi connectivity index (χ2v) is 9.70. The van der Waals surface area contributed by atoms with Gasteiger partial charge in [0, 0.05) is 18.3 Å². The zero-order valence-electron chi connectivity index (χ0n) is 14.1. The molecule has 1 aliphatic rings. The van der Waals surface area contributed by atoms with Gasteiger partial charge in [-0.25, -0.2) is 13.4 Å². The van der Waals surface area contributed by atoms with Gasteiger partial charge in [0.25, 0.3) is 0 Å². The fourth-order valence-electron chi connectivity index (χ4n) is 2.62. The Hall–Kier alpha value is -1.02. The molecule has 130 valence electrons. The molecule has 1 unspecified atom stereocenters. The number of nitrogens with zero attached hydrogens (tertiary/aromatic N) is 2. The van der Waals surface area contributed by atoms with E-state index in [2.05, 4.69) is 28.7 Å². The van der Waals surface area contributed by atoms with E-state index in [0.29, 0.717) is 12.3 Å². The first-order valence-electron chi connectivity index (χ1n) is 7.84. The van der Waals surface area contributed by atoms with Gasteiger partial charge in [-0.2, -0.15) is 0 Å². The largest absolute Gasteiger partial charge is 0.352 e. The van der Waals surface area contributed by atoms with Gasteiger partial charge in [-0.15, -0.1) is 0 Å². The molecule has 2 heterocycles. The molecule has 0 saturated carbocycles. The van der Waals surface area contributed by atoms with Crippen LogP contribution in [0, 0.1) is 19.8 Å². The number of carbonyl (C=O) groups excluding carboxylic acids is 1. The minimum absolute atomic E-state index is 0.0591. The summed E-state index contributed by atoms with van der Waals surface area (Å²) in [6.07, 6.45) is 0.513. The number of hydrogen-bond acceptors (Lipinski definition) is 5. The fourth-order valence-corrected chi connectivity index (χ4v) is 5.21. The number of amides is 1. The number of hydrogen-bond donors (Lipinski definition) is 1. The zero-order valence-corrected chi connectivity index (χ0v) is 15.8. The summed E-state index contributed by atoms with van der Waals surface area (Å²) < 4.78 is 25.0. The highest BCUT2D eigenvalue weighted by molar-refractivity contribution is 7.99. The lowest BCUT2D eigenvalue weighted by atomic mass is 10.2. The van der Waals surface area contributed by atoms with Crippen LogP contribution in [0.3, 0.4) is 0 Å². The van der Waals surface area contributed by atoms with Crippen molar-refractivity contribution in [3.63, 3.8) is 0 Å². The number of carbonyl (C=O) groups is 1. The third kappa shape index (κ3) is 4.97. The molecule has 23 heavy (non-hydrogen) atoms. The van der Waals surface area contributed by atoms with Crippen molar-refractivity contribution < 1.29 is 13.2 Å². The quantitative estimate of drug-likeness (QED) is 0.780. The van der Waals surface area contributed by atoms with Crippen LogP contribution >= 0.6 is 11.8 Å². The van der Waals surface area contributed by atoms with Crippen molar-refractivity contribution >= 4 is 27.5 Å². The molecule has 2 rings (SSSR count). The number of aromatic nitrogens is 2. The summed E-state index contributed by atoms with van der Waals surface area (Å²) in [7, 11) is -2.97. The van der Waals surface area contributed by atoms with E-state index in [0.717, 1.165) is 23.1 Å². The molecule has 1 aliphatic heterocycles. The Morgan fingerprint density at radius 3 is 2.70 bits per heavy atom.